The first-order valence-corrected chi connectivity index (χ1v) is 6.67. The standard InChI is InChI=1S/C11H15ClF3N5/c1-19(7-4-11(13,14)15)9-16-8(12)17-10(18-9)20-5-2-3-6-20/h2-7H2,1H3. The van der Waals surface area contributed by atoms with Gasteiger partial charge in [-0.1, -0.05) is 0 Å². The van der Waals surface area contributed by atoms with E-state index in [9.17, 15) is 13.2 Å². The van der Waals surface area contributed by atoms with Crippen LogP contribution in [0.25, 0.3) is 0 Å². The molecule has 0 spiro atoms. The van der Waals surface area contributed by atoms with Gasteiger partial charge in [-0.15, -0.1) is 0 Å². The Morgan fingerprint density at radius 2 is 1.85 bits per heavy atom. The van der Waals surface area contributed by atoms with Gasteiger partial charge in [-0.2, -0.15) is 28.1 Å². The molecule has 0 unspecified atom stereocenters. The number of rotatable bonds is 4. The molecule has 0 bridgehead atoms. The monoisotopic (exact) mass is 309 g/mol. The van der Waals surface area contributed by atoms with Crippen LogP contribution >= 0.6 is 11.6 Å². The highest BCUT2D eigenvalue weighted by Crippen LogP contribution is 2.22. The molecule has 2 heterocycles. The Hall–Kier alpha value is -1.31. The Kier molecular flexibility index (Phi) is 4.52. The predicted molar refractivity (Wildman–Crippen MR) is 70.2 cm³/mol. The third-order valence-corrected chi connectivity index (χ3v) is 3.21. The molecule has 20 heavy (non-hydrogen) atoms. The van der Waals surface area contributed by atoms with E-state index >= 15 is 0 Å². The lowest BCUT2D eigenvalue weighted by Crippen LogP contribution is -2.27. The lowest BCUT2D eigenvalue weighted by molar-refractivity contribution is -0.132. The second-order valence-corrected chi connectivity index (χ2v) is 5.02. The summed E-state index contributed by atoms with van der Waals surface area (Å²) in [6, 6.07) is 0. The van der Waals surface area contributed by atoms with Gasteiger partial charge in [0.05, 0.1) is 6.42 Å². The van der Waals surface area contributed by atoms with Crippen LogP contribution < -0.4 is 9.80 Å². The molecule has 0 N–H and O–H groups in total. The van der Waals surface area contributed by atoms with Crippen LogP contribution in [0.5, 0.6) is 0 Å². The topological polar surface area (TPSA) is 45.2 Å². The molecule has 1 aromatic rings. The molecule has 0 aromatic carbocycles. The number of halogens is 4. The molecule has 9 heteroatoms. The molecule has 1 aliphatic heterocycles. The number of hydrogen-bond acceptors (Lipinski definition) is 5. The highest BCUT2D eigenvalue weighted by Gasteiger charge is 2.28. The van der Waals surface area contributed by atoms with E-state index in [0.29, 0.717) is 5.95 Å². The summed E-state index contributed by atoms with van der Waals surface area (Å²) >= 11 is 5.82. The maximum absolute atomic E-state index is 12.2. The first kappa shape index (κ1) is 15.1. The molecule has 1 saturated heterocycles. The molecule has 2 rings (SSSR count). The van der Waals surface area contributed by atoms with Crippen LogP contribution in [-0.4, -0.2) is 47.8 Å². The summed E-state index contributed by atoms with van der Waals surface area (Å²) in [4.78, 5) is 15.4. The van der Waals surface area contributed by atoms with E-state index in [2.05, 4.69) is 15.0 Å². The van der Waals surface area contributed by atoms with Crippen molar-refractivity contribution in [2.24, 2.45) is 0 Å². The normalized spacial score (nSPS) is 15.8. The van der Waals surface area contributed by atoms with Crippen LogP contribution in [0.1, 0.15) is 19.3 Å². The van der Waals surface area contributed by atoms with Gasteiger partial charge < -0.3 is 9.80 Å². The molecule has 1 fully saturated rings. The first-order valence-electron chi connectivity index (χ1n) is 6.29. The summed E-state index contributed by atoms with van der Waals surface area (Å²) in [6.07, 6.45) is -3.04. The third-order valence-electron chi connectivity index (χ3n) is 3.05. The summed E-state index contributed by atoms with van der Waals surface area (Å²) in [5.74, 6) is 0.590. The number of alkyl halides is 3. The molecular weight excluding hydrogens is 295 g/mol. The highest BCUT2D eigenvalue weighted by molar-refractivity contribution is 6.28. The van der Waals surface area contributed by atoms with E-state index in [0.717, 1.165) is 25.9 Å². The van der Waals surface area contributed by atoms with Crippen molar-refractivity contribution >= 4 is 23.5 Å². The van der Waals surface area contributed by atoms with Crippen LogP contribution in [-0.2, 0) is 0 Å². The Morgan fingerprint density at radius 3 is 2.45 bits per heavy atom. The van der Waals surface area contributed by atoms with E-state index in [1.807, 2.05) is 4.90 Å². The maximum atomic E-state index is 12.2. The van der Waals surface area contributed by atoms with Gasteiger partial charge in [0, 0.05) is 26.7 Å². The van der Waals surface area contributed by atoms with Crippen molar-refractivity contribution in [3.63, 3.8) is 0 Å². The predicted octanol–water partition coefficient (Wildman–Crippen LogP) is 2.51. The van der Waals surface area contributed by atoms with Crippen molar-refractivity contribution in [3.05, 3.63) is 5.28 Å². The van der Waals surface area contributed by atoms with Gasteiger partial charge in [-0.3, -0.25) is 0 Å². The third kappa shape index (κ3) is 4.09. The van der Waals surface area contributed by atoms with Gasteiger partial charge in [0.15, 0.2) is 0 Å². The van der Waals surface area contributed by atoms with Crippen LogP contribution in [0.15, 0.2) is 0 Å². The van der Waals surface area contributed by atoms with Crippen molar-refractivity contribution in [2.45, 2.75) is 25.4 Å². The number of nitrogens with zero attached hydrogens (tertiary/aromatic N) is 5. The fourth-order valence-electron chi connectivity index (χ4n) is 1.95. The Morgan fingerprint density at radius 1 is 1.20 bits per heavy atom. The molecule has 0 radical (unpaired) electrons. The average Bonchev–Trinajstić information content (AvgIpc) is 2.88. The quantitative estimate of drug-likeness (QED) is 0.855. The van der Waals surface area contributed by atoms with E-state index in [4.69, 9.17) is 11.6 Å². The zero-order valence-electron chi connectivity index (χ0n) is 11.0. The molecule has 0 atom stereocenters. The molecule has 0 saturated carbocycles. The molecule has 1 aromatic heterocycles. The summed E-state index contributed by atoms with van der Waals surface area (Å²) in [5.41, 5.74) is 0. The lowest BCUT2D eigenvalue weighted by atomic mass is 10.4. The number of aromatic nitrogens is 3. The minimum atomic E-state index is -4.21. The first-order chi connectivity index (χ1) is 9.35. The van der Waals surface area contributed by atoms with E-state index < -0.39 is 12.6 Å². The van der Waals surface area contributed by atoms with Gasteiger partial charge in [0.2, 0.25) is 17.2 Å². The van der Waals surface area contributed by atoms with Gasteiger partial charge in [-0.25, -0.2) is 0 Å². The second kappa shape index (κ2) is 5.99. The Bertz CT molecular complexity index is 462. The summed E-state index contributed by atoms with van der Waals surface area (Å²) in [6.45, 7) is 1.43. The van der Waals surface area contributed by atoms with Gasteiger partial charge in [0.25, 0.3) is 0 Å². The number of anilines is 2. The van der Waals surface area contributed by atoms with E-state index in [1.165, 1.54) is 11.9 Å². The minimum Gasteiger partial charge on any atom is -0.343 e. The van der Waals surface area contributed by atoms with Gasteiger partial charge in [0.1, 0.15) is 0 Å². The molecule has 0 aliphatic carbocycles. The summed E-state index contributed by atoms with van der Waals surface area (Å²) < 4.78 is 36.7. The molecule has 0 amide bonds. The summed E-state index contributed by atoms with van der Waals surface area (Å²) in [7, 11) is 1.51. The van der Waals surface area contributed by atoms with Crippen LogP contribution in [0.4, 0.5) is 25.1 Å². The van der Waals surface area contributed by atoms with Crippen molar-refractivity contribution in [3.8, 4) is 0 Å². The maximum Gasteiger partial charge on any atom is 0.390 e. The van der Waals surface area contributed by atoms with Crippen molar-refractivity contribution < 1.29 is 13.2 Å². The van der Waals surface area contributed by atoms with Crippen LogP contribution in [0, 0.1) is 0 Å². The lowest BCUT2D eigenvalue weighted by Gasteiger charge is -2.20. The zero-order valence-corrected chi connectivity index (χ0v) is 11.7. The minimum absolute atomic E-state index is 0.00393. The van der Waals surface area contributed by atoms with Gasteiger partial charge in [-0.05, 0) is 24.4 Å². The zero-order chi connectivity index (χ0) is 14.8. The Balaban J connectivity index is 2.10. The van der Waals surface area contributed by atoms with Crippen molar-refractivity contribution in [2.75, 3.05) is 36.5 Å². The van der Waals surface area contributed by atoms with Crippen LogP contribution in [0.3, 0.4) is 0 Å². The summed E-state index contributed by atoms with van der Waals surface area (Å²) in [5, 5.41) is -0.00393. The van der Waals surface area contributed by atoms with Crippen LogP contribution in [0.2, 0.25) is 5.28 Å². The van der Waals surface area contributed by atoms with Crippen molar-refractivity contribution in [1.82, 2.24) is 15.0 Å². The fourth-order valence-corrected chi connectivity index (χ4v) is 2.10. The number of hydrogen-bond donors (Lipinski definition) is 0. The smallest absolute Gasteiger partial charge is 0.343 e. The molecule has 1 aliphatic rings. The highest BCUT2D eigenvalue weighted by atomic mass is 35.5. The van der Waals surface area contributed by atoms with Crippen molar-refractivity contribution in [1.29, 1.82) is 0 Å². The molecule has 5 nitrogen and oxygen atoms in total. The van der Waals surface area contributed by atoms with E-state index in [-0.39, 0.29) is 17.8 Å². The average molecular weight is 310 g/mol. The van der Waals surface area contributed by atoms with E-state index in [1.54, 1.807) is 0 Å². The fraction of sp³-hybridized carbons (Fsp3) is 0.727. The SMILES string of the molecule is CN(CCC(F)(F)F)c1nc(Cl)nc(N2CCCC2)n1. The molecule has 112 valence electrons. The molecular formula is C11H15ClF3N5. The Labute approximate surface area is 119 Å². The second-order valence-electron chi connectivity index (χ2n) is 4.69. The largest absolute Gasteiger partial charge is 0.390 e. The van der Waals surface area contributed by atoms with Gasteiger partial charge >= 0.3 is 6.18 Å².